The van der Waals surface area contributed by atoms with Gasteiger partial charge in [-0.3, -0.25) is 0 Å². The van der Waals surface area contributed by atoms with Gasteiger partial charge in [-0.1, -0.05) is 35.9 Å². The van der Waals surface area contributed by atoms with Crippen LogP contribution in [0.2, 0.25) is 5.02 Å². The van der Waals surface area contributed by atoms with E-state index < -0.39 is 11.6 Å². The van der Waals surface area contributed by atoms with Crippen LogP contribution in [0.5, 0.6) is 5.75 Å². The van der Waals surface area contributed by atoms with Crippen molar-refractivity contribution in [2.75, 3.05) is 0 Å². The van der Waals surface area contributed by atoms with E-state index in [2.05, 4.69) is 0 Å². The zero-order valence-electron chi connectivity index (χ0n) is 16.3. The molecule has 5 rings (SSSR count). The summed E-state index contributed by atoms with van der Waals surface area (Å²) < 4.78 is 17.0. The summed E-state index contributed by atoms with van der Waals surface area (Å²) in [5, 5.41) is 1.95. The van der Waals surface area contributed by atoms with E-state index in [4.69, 9.17) is 25.2 Å². The van der Waals surface area contributed by atoms with E-state index >= 15 is 0 Å². The molecule has 5 aromatic rings. The number of para-hydroxylation sites is 1. The molecular weight excluding hydrogens is 416 g/mol. The molecule has 5 nitrogen and oxygen atoms in total. The van der Waals surface area contributed by atoms with Crippen LogP contribution in [0.25, 0.3) is 33.3 Å². The van der Waals surface area contributed by atoms with Gasteiger partial charge in [-0.05, 0) is 55.0 Å². The Hall–Kier alpha value is -3.83. The van der Waals surface area contributed by atoms with Crippen LogP contribution in [0, 0.1) is 6.92 Å². The smallest absolute Gasteiger partial charge is 0.343 e. The Morgan fingerprint density at radius 1 is 0.903 bits per heavy atom. The molecule has 0 aliphatic heterocycles. The molecule has 3 aromatic carbocycles. The molecule has 0 radical (unpaired) electrons. The highest BCUT2D eigenvalue weighted by Gasteiger charge is 2.17. The molecule has 0 spiro atoms. The molecular formula is C25H15ClO5. The maximum Gasteiger partial charge on any atom is 0.343 e. The van der Waals surface area contributed by atoms with Gasteiger partial charge >= 0.3 is 11.6 Å². The van der Waals surface area contributed by atoms with Gasteiger partial charge in [0.25, 0.3) is 0 Å². The van der Waals surface area contributed by atoms with Crippen LogP contribution in [0.1, 0.15) is 15.9 Å². The Kier molecular flexibility index (Phi) is 4.60. The number of halogens is 1. The summed E-state index contributed by atoms with van der Waals surface area (Å²) in [5.74, 6) is 0.339. The minimum Gasteiger partial charge on any atom is -0.456 e. The maximum atomic E-state index is 12.6. The summed E-state index contributed by atoms with van der Waals surface area (Å²) in [6.07, 6.45) is 0. The number of furan rings is 1. The van der Waals surface area contributed by atoms with Crippen LogP contribution >= 0.6 is 11.6 Å². The third-order valence-corrected chi connectivity index (χ3v) is 5.23. The van der Waals surface area contributed by atoms with Crippen LogP contribution < -0.4 is 10.4 Å². The Balaban J connectivity index is 1.63. The number of benzene rings is 3. The number of hydrogen-bond donors (Lipinski definition) is 0. The highest BCUT2D eigenvalue weighted by Crippen LogP contribution is 2.35. The molecule has 0 saturated heterocycles. The molecule has 152 valence electrons. The van der Waals surface area contributed by atoms with Crippen molar-refractivity contribution in [3.05, 3.63) is 99.4 Å². The molecule has 0 N–H and O–H groups in total. The molecule has 6 heteroatoms. The van der Waals surface area contributed by atoms with E-state index in [-0.39, 0.29) is 0 Å². The Labute approximate surface area is 181 Å². The maximum absolute atomic E-state index is 12.6. The van der Waals surface area contributed by atoms with Gasteiger partial charge in [0.2, 0.25) is 0 Å². The van der Waals surface area contributed by atoms with Gasteiger partial charge in [-0.2, -0.15) is 0 Å². The number of carbonyl (C=O) groups excluding carboxylic acids is 1. The van der Waals surface area contributed by atoms with Gasteiger partial charge in [-0.15, -0.1) is 0 Å². The summed E-state index contributed by atoms with van der Waals surface area (Å²) in [7, 11) is 0. The summed E-state index contributed by atoms with van der Waals surface area (Å²) in [6.45, 7) is 1.77. The molecule has 0 saturated carbocycles. The summed E-state index contributed by atoms with van der Waals surface area (Å²) in [5.41, 5.74) is 2.13. The van der Waals surface area contributed by atoms with E-state index in [0.717, 1.165) is 5.39 Å². The number of ether oxygens (including phenoxy) is 1. The molecule has 0 unspecified atom stereocenters. The van der Waals surface area contributed by atoms with Crippen LogP contribution in [0.15, 0.2) is 86.4 Å². The number of esters is 1. The second-order valence-electron chi connectivity index (χ2n) is 7.14. The average Bonchev–Trinajstić information content (AvgIpc) is 3.18. The summed E-state index contributed by atoms with van der Waals surface area (Å²) >= 11 is 5.98. The van der Waals surface area contributed by atoms with Crippen molar-refractivity contribution in [1.29, 1.82) is 0 Å². The molecule has 0 bridgehead atoms. The van der Waals surface area contributed by atoms with Gasteiger partial charge in [-0.25, -0.2) is 9.59 Å². The normalized spacial score (nSPS) is 11.2. The van der Waals surface area contributed by atoms with E-state index in [0.29, 0.717) is 49.8 Å². The second-order valence-corrected chi connectivity index (χ2v) is 7.58. The highest BCUT2D eigenvalue weighted by atomic mass is 35.5. The zero-order chi connectivity index (χ0) is 21.5. The van der Waals surface area contributed by atoms with Gasteiger partial charge in [0.15, 0.2) is 0 Å². The highest BCUT2D eigenvalue weighted by molar-refractivity contribution is 6.30. The first kappa shape index (κ1) is 19.2. The Bertz CT molecular complexity index is 1490. The minimum atomic E-state index is -0.535. The molecule has 0 aliphatic rings. The van der Waals surface area contributed by atoms with E-state index in [1.165, 1.54) is 6.07 Å². The monoisotopic (exact) mass is 430 g/mol. The predicted octanol–water partition coefficient (Wildman–Crippen LogP) is 6.39. The van der Waals surface area contributed by atoms with E-state index in [9.17, 15) is 9.59 Å². The second kappa shape index (κ2) is 7.45. The standard InChI is InChI=1S/C25H15ClO5/c1-14-9-22-18(12-21(14)31-25(28)16-6-4-7-17(26)10-16)19(13-24(27)30-22)23-11-15-5-2-3-8-20(15)29-23/h2-13H,1H3. The largest absolute Gasteiger partial charge is 0.456 e. The van der Waals surface area contributed by atoms with Crippen molar-refractivity contribution in [2.24, 2.45) is 0 Å². The quantitative estimate of drug-likeness (QED) is 0.188. The fourth-order valence-electron chi connectivity index (χ4n) is 3.49. The number of fused-ring (bicyclic) bond motifs is 2. The molecule has 0 aliphatic carbocycles. The number of carbonyl (C=O) groups is 1. The lowest BCUT2D eigenvalue weighted by atomic mass is 10.0. The first-order valence-corrected chi connectivity index (χ1v) is 9.91. The zero-order valence-corrected chi connectivity index (χ0v) is 17.1. The van der Waals surface area contributed by atoms with Gasteiger partial charge < -0.3 is 13.6 Å². The van der Waals surface area contributed by atoms with E-state index in [1.807, 2.05) is 30.3 Å². The Morgan fingerprint density at radius 3 is 2.55 bits per heavy atom. The van der Waals surface area contributed by atoms with Crippen LogP contribution in [0.4, 0.5) is 0 Å². The van der Waals surface area contributed by atoms with Crippen molar-refractivity contribution < 1.29 is 18.4 Å². The molecule has 0 atom stereocenters. The van der Waals surface area contributed by atoms with Gasteiger partial charge in [0.05, 0.1) is 5.56 Å². The fraction of sp³-hybridized carbons (Fsp3) is 0.0400. The SMILES string of the molecule is Cc1cc2oc(=O)cc(-c3cc4ccccc4o3)c2cc1OC(=O)c1cccc(Cl)c1. The molecule has 31 heavy (non-hydrogen) atoms. The van der Waals surface area contributed by atoms with Gasteiger partial charge in [0.1, 0.15) is 22.7 Å². The van der Waals surface area contributed by atoms with Crippen LogP contribution in [0.3, 0.4) is 0 Å². The van der Waals surface area contributed by atoms with Crippen molar-refractivity contribution in [2.45, 2.75) is 6.92 Å². The first-order valence-electron chi connectivity index (χ1n) is 9.53. The van der Waals surface area contributed by atoms with E-state index in [1.54, 1.807) is 43.3 Å². The van der Waals surface area contributed by atoms with Crippen molar-refractivity contribution in [1.82, 2.24) is 0 Å². The molecule has 0 fully saturated rings. The minimum absolute atomic E-state index is 0.337. The third-order valence-electron chi connectivity index (χ3n) is 4.99. The number of rotatable bonds is 3. The molecule has 0 amide bonds. The lowest BCUT2D eigenvalue weighted by Crippen LogP contribution is -2.09. The molecule has 2 aromatic heterocycles. The third kappa shape index (κ3) is 3.60. The lowest BCUT2D eigenvalue weighted by Gasteiger charge is -2.10. The molecule has 2 heterocycles. The average molecular weight is 431 g/mol. The van der Waals surface area contributed by atoms with Crippen molar-refractivity contribution in [3.63, 3.8) is 0 Å². The van der Waals surface area contributed by atoms with Crippen molar-refractivity contribution in [3.8, 4) is 17.1 Å². The Morgan fingerprint density at radius 2 is 1.74 bits per heavy atom. The number of hydrogen-bond acceptors (Lipinski definition) is 5. The van der Waals surface area contributed by atoms with Crippen LogP contribution in [-0.4, -0.2) is 5.97 Å². The topological polar surface area (TPSA) is 69.7 Å². The summed E-state index contributed by atoms with van der Waals surface area (Å²) in [4.78, 5) is 24.8. The summed E-state index contributed by atoms with van der Waals surface area (Å²) in [6, 6.07) is 20.7. The predicted molar refractivity (Wildman–Crippen MR) is 119 cm³/mol. The van der Waals surface area contributed by atoms with Crippen LogP contribution in [-0.2, 0) is 0 Å². The fourth-order valence-corrected chi connectivity index (χ4v) is 3.68. The lowest BCUT2D eigenvalue weighted by molar-refractivity contribution is 0.0733. The van der Waals surface area contributed by atoms with Crippen molar-refractivity contribution >= 4 is 39.5 Å². The first-order chi connectivity index (χ1) is 15.0. The van der Waals surface area contributed by atoms with Gasteiger partial charge in [0, 0.05) is 27.4 Å². The number of aryl methyl sites for hydroxylation is 1.